The highest BCUT2D eigenvalue weighted by Crippen LogP contribution is 2.68. The first-order valence-corrected chi connectivity index (χ1v) is 24.5. The molecule has 0 bridgehead atoms. The molecule has 4 aliphatic carbocycles. The minimum atomic E-state index is -0.392. The highest BCUT2D eigenvalue weighted by Gasteiger charge is 2.64. The first kappa shape index (κ1) is 47.9. The zero-order chi connectivity index (χ0) is 41.0. The van der Waals surface area contributed by atoms with E-state index in [9.17, 15) is 19.5 Å². The van der Waals surface area contributed by atoms with Gasteiger partial charge in [-0.05, 0) is 146 Å². The van der Waals surface area contributed by atoms with Crippen molar-refractivity contribution in [3.8, 4) is 0 Å². The van der Waals surface area contributed by atoms with Crippen molar-refractivity contribution in [3.63, 3.8) is 0 Å². The van der Waals surface area contributed by atoms with E-state index < -0.39 is 5.60 Å². The lowest BCUT2D eigenvalue weighted by Gasteiger charge is -2.59. The summed E-state index contributed by atoms with van der Waals surface area (Å²) < 4.78 is 12.0. The standard InChI is InChI=1S/C50H87NO6/c1-5-6-7-8-9-10-11-12-13-14-17-24-39-56-46(54)25-19-21-36-51(37-22-23-38-52)35-20-16-15-18-26-47(55)57-50(4)34-31-45-43-28-27-41-40-42(53)29-32-48(41,2)44(43)30-33-49(45,50)3/h40,43-45,52H,5-39H2,1-4H3. The van der Waals surface area contributed by atoms with E-state index in [1.807, 2.05) is 6.08 Å². The van der Waals surface area contributed by atoms with Crippen molar-refractivity contribution in [3.05, 3.63) is 11.6 Å². The fraction of sp³-hybridized carbons (Fsp3) is 0.900. The molecule has 0 aromatic heterocycles. The van der Waals surface area contributed by atoms with Crippen molar-refractivity contribution in [2.75, 3.05) is 32.8 Å². The molecule has 0 heterocycles. The van der Waals surface area contributed by atoms with E-state index in [4.69, 9.17) is 9.47 Å². The van der Waals surface area contributed by atoms with E-state index in [0.29, 0.717) is 49.4 Å². The van der Waals surface area contributed by atoms with E-state index in [1.54, 1.807) is 0 Å². The molecule has 4 aliphatic rings. The van der Waals surface area contributed by atoms with Crippen LogP contribution in [0, 0.1) is 28.6 Å². The summed E-state index contributed by atoms with van der Waals surface area (Å²) in [5.74, 6) is 2.15. The second kappa shape index (κ2) is 25.1. The number of rotatable bonds is 30. The number of aliphatic hydroxyl groups is 1. The molecule has 0 amide bonds. The number of ketones is 1. The van der Waals surface area contributed by atoms with Crippen molar-refractivity contribution in [1.82, 2.24) is 4.90 Å². The summed E-state index contributed by atoms with van der Waals surface area (Å²) >= 11 is 0. The first-order valence-electron chi connectivity index (χ1n) is 24.5. The number of carbonyl (C=O) groups excluding carboxylic acids is 3. The van der Waals surface area contributed by atoms with Gasteiger partial charge in [0, 0.05) is 31.3 Å². The van der Waals surface area contributed by atoms with Crippen LogP contribution in [-0.2, 0) is 23.9 Å². The summed E-state index contributed by atoms with van der Waals surface area (Å²) in [4.78, 5) is 40.3. The zero-order valence-corrected chi connectivity index (χ0v) is 37.5. The number of unbranched alkanes of at least 4 members (excludes halogenated alkanes) is 16. The lowest BCUT2D eigenvalue weighted by atomic mass is 9.46. The summed E-state index contributed by atoms with van der Waals surface area (Å²) in [5, 5.41) is 9.32. The lowest BCUT2D eigenvalue weighted by Crippen LogP contribution is -2.55. The summed E-state index contributed by atoms with van der Waals surface area (Å²) in [5.41, 5.74) is 1.22. The molecule has 0 radical (unpaired) electrons. The molecule has 0 aliphatic heterocycles. The average molecular weight is 798 g/mol. The Balaban J connectivity index is 1.04. The Morgan fingerprint density at radius 3 is 1.91 bits per heavy atom. The lowest BCUT2D eigenvalue weighted by molar-refractivity contribution is -0.180. The molecular formula is C50H87NO6. The Bertz CT molecular complexity index is 1230. The van der Waals surface area contributed by atoms with Crippen LogP contribution in [0.5, 0.6) is 0 Å². The topological polar surface area (TPSA) is 93.1 Å². The second-order valence-corrected chi connectivity index (χ2v) is 19.7. The van der Waals surface area contributed by atoms with Crippen LogP contribution in [0.15, 0.2) is 11.6 Å². The fourth-order valence-corrected chi connectivity index (χ4v) is 11.8. The predicted octanol–water partition coefficient (Wildman–Crippen LogP) is 12.3. The molecule has 7 heteroatoms. The number of fused-ring (bicyclic) bond motifs is 5. The van der Waals surface area contributed by atoms with Gasteiger partial charge >= 0.3 is 11.9 Å². The highest BCUT2D eigenvalue weighted by atomic mass is 16.6. The zero-order valence-electron chi connectivity index (χ0n) is 37.5. The van der Waals surface area contributed by atoms with Crippen molar-refractivity contribution >= 4 is 17.7 Å². The van der Waals surface area contributed by atoms with Crippen LogP contribution >= 0.6 is 0 Å². The monoisotopic (exact) mass is 798 g/mol. The second-order valence-electron chi connectivity index (χ2n) is 19.7. The Morgan fingerprint density at radius 1 is 0.667 bits per heavy atom. The van der Waals surface area contributed by atoms with Crippen molar-refractivity contribution in [2.24, 2.45) is 28.6 Å². The molecule has 4 rings (SSSR count). The number of hydrogen-bond acceptors (Lipinski definition) is 7. The van der Waals surface area contributed by atoms with Gasteiger partial charge < -0.3 is 19.5 Å². The Kier molecular flexibility index (Phi) is 21.1. The number of carbonyl (C=O) groups is 3. The molecule has 0 saturated heterocycles. The summed E-state index contributed by atoms with van der Waals surface area (Å²) in [6.45, 7) is 13.1. The van der Waals surface area contributed by atoms with Crippen LogP contribution < -0.4 is 0 Å². The van der Waals surface area contributed by atoms with Gasteiger partial charge in [0.15, 0.2) is 5.78 Å². The Labute approximate surface area is 349 Å². The van der Waals surface area contributed by atoms with Gasteiger partial charge in [-0.15, -0.1) is 0 Å². The largest absolute Gasteiger partial charge is 0.466 e. The van der Waals surface area contributed by atoms with Gasteiger partial charge in [-0.25, -0.2) is 0 Å². The maximum atomic E-state index is 13.3. The average Bonchev–Trinajstić information content (AvgIpc) is 3.45. The van der Waals surface area contributed by atoms with E-state index in [2.05, 4.69) is 32.6 Å². The fourth-order valence-electron chi connectivity index (χ4n) is 11.8. The van der Waals surface area contributed by atoms with E-state index in [0.717, 1.165) is 116 Å². The minimum Gasteiger partial charge on any atom is -0.466 e. The Hall–Kier alpha value is -1.73. The molecule has 3 saturated carbocycles. The van der Waals surface area contributed by atoms with E-state index >= 15 is 0 Å². The first-order chi connectivity index (χ1) is 27.6. The van der Waals surface area contributed by atoms with Gasteiger partial charge in [0.05, 0.1) is 6.61 Å². The maximum absolute atomic E-state index is 13.3. The molecular weight excluding hydrogens is 711 g/mol. The molecule has 1 N–H and O–H groups in total. The summed E-state index contributed by atoms with van der Waals surface area (Å²) in [6.07, 6.45) is 34.7. The molecule has 7 nitrogen and oxygen atoms in total. The summed E-state index contributed by atoms with van der Waals surface area (Å²) in [7, 11) is 0. The van der Waals surface area contributed by atoms with Crippen LogP contribution in [0.4, 0.5) is 0 Å². The van der Waals surface area contributed by atoms with Gasteiger partial charge in [0.25, 0.3) is 0 Å². The van der Waals surface area contributed by atoms with E-state index in [1.165, 1.54) is 82.6 Å². The van der Waals surface area contributed by atoms with Crippen LogP contribution in [0.3, 0.4) is 0 Å². The van der Waals surface area contributed by atoms with Crippen LogP contribution in [-0.4, -0.2) is 66.2 Å². The third kappa shape index (κ3) is 14.5. The van der Waals surface area contributed by atoms with Crippen molar-refractivity contribution in [2.45, 2.75) is 226 Å². The molecule has 0 aromatic carbocycles. The number of allylic oxidation sites excluding steroid dienone is 1. The highest BCUT2D eigenvalue weighted by molar-refractivity contribution is 5.91. The number of esters is 2. The SMILES string of the molecule is CCCCCCCCCCCCCCOC(=O)CCCCN(CCCCO)CCCCCCC(=O)OC1(C)CCC2C3CCC4=CC(=O)CCC4(C)C3CCC21C. The van der Waals surface area contributed by atoms with Gasteiger partial charge in [-0.1, -0.05) is 110 Å². The van der Waals surface area contributed by atoms with Crippen LogP contribution in [0.1, 0.15) is 220 Å². The van der Waals surface area contributed by atoms with Crippen LogP contribution in [0.2, 0.25) is 0 Å². The van der Waals surface area contributed by atoms with Crippen molar-refractivity contribution < 1.29 is 29.0 Å². The number of ether oxygens (including phenoxy) is 2. The predicted molar refractivity (Wildman–Crippen MR) is 233 cm³/mol. The Morgan fingerprint density at radius 2 is 1.23 bits per heavy atom. The third-order valence-electron chi connectivity index (χ3n) is 15.7. The maximum Gasteiger partial charge on any atom is 0.306 e. The molecule has 0 spiro atoms. The quantitative estimate of drug-likeness (QED) is 0.0571. The van der Waals surface area contributed by atoms with E-state index in [-0.39, 0.29) is 29.4 Å². The van der Waals surface area contributed by atoms with Gasteiger partial charge in [-0.3, -0.25) is 14.4 Å². The molecule has 328 valence electrons. The normalized spacial score (nSPS) is 28.1. The molecule has 6 atom stereocenters. The molecule has 57 heavy (non-hydrogen) atoms. The number of nitrogens with zero attached hydrogens (tertiary/aromatic N) is 1. The molecule has 6 unspecified atom stereocenters. The number of aliphatic hydroxyl groups excluding tert-OH is 1. The number of hydrogen-bond donors (Lipinski definition) is 1. The third-order valence-corrected chi connectivity index (χ3v) is 15.7. The smallest absolute Gasteiger partial charge is 0.306 e. The molecule has 0 aromatic rings. The van der Waals surface area contributed by atoms with Crippen molar-refractivity contribution in [1.29, 1.82) is 0 Å². The van der Waals surface area contributed by atoms with Crippen LogP contribution in [0.25, 0.3) is 0 Å². The molecule has 3 fully saturated rings. The summed E-state index contributed by atoms with van der Waals surface area (Å²) in [6, 6.07) is 0. The van der Waals surface area contributed by atoms with Gasteiger partial charge in [0.1, 0.15) is 5.60 Å². The minimum absolute atomic E-state index is 0.0219. The van der Waals surface area contributed by atoms with Gasteiger partial charge in [-0.2, -0.15) is 0 Å². The van der Waals surface area contributed by atoms with Gasteiger partial charge in [0.2, 0.25) is 0 Å².